The van der Waals surface area contributed by atoms with Crippen molar-refractivity contribution in [1.29, 1.82) is 0 Å². The zero-order valence-electron chi connectivity index (χ0n) is 8.58. The minimum Gasteiger partial charge on any atom is -0.353 e. The number of hydrogen-bond acceptors (Lipinski definition) is 4. The first-order valence-corrected chi connectivity index (χ1v) is 4.79. The first kappa shape index (κ1) is 10.9. The molecule has 1 rings (SSSR count). The molecule has 0 saturated carbocycles. The lowest BCUT2D eigenvalue weighted by atomic mass is 10.0. The van der Waals surface area contributed by atoms with E-state index in [2.05, 4.69) is 4.90 Å². The van der Waals surface area contributed by atoms with Crippen LogP contribution in [0.1, 0.15) is 12.8 Å². The fourth-order valence-electron chi connectivity index (χ4n) is 1.79. The van der Waals surface area contributed by atoms with E-state index in [9.17, 15) is 0 Å². The molecule has 1 aliphatic rings. The summed E-state index contributed by atoms with van der Waals surface area (Å²) in [6.45, 7) is 3.73. The minimum atomic E-state index is -0.342. The molecule has 0 aromatic heterocycles. The second-order valence-electron chi connectivity index (χ2n) is 3.45. The molecule has 1 heterocycles. The molecule has 0 spiro atoms. The molecular weight excluding hydrogens is 168 g/mol. The van der Waals surface area contributed by atoms with E-state index >= 15 is 0 Å². The van der Waals surface area contributed by atoms with Gasteiger partial charge in [0, 0.05) is 53.2 Å². The topological polar surface area (TPSA) is 47.7 Å². The van der Waals surface area contributed by atoms with Crippen LogP contribution < -0.4 is 5.73 Å². The highest BCUT2D eigenvalue weighted by atomic mass is 16.7. The van der Waals surface area contributed by atoms with Gasteiger partial charge in [0.25, 0.3) is 0 Å². The number of rotatable bonds is 4. The summed E-state index contributed by atoms with van der Waals surface area (Å²) in [7, 11) is 3.42. The minimum absolute atomic E-state index is 0.342. The summed E-state index contributed by atoms with van der Waals surface area (Å²) in [5.74, 6) is -0.342. The van der Waals surface area contributed by atoms with Gasteiger partial charge < -0.3 is 20.1 Å². The maximum atomic E-state index is 5.49. The van der Waals surface area contributed by atoms with Crippen LogP contribution in [-0.2, 0) is 9.47 Å². The molecule has 1 saturated heterocycles. The molecule has 13 heavy (non-hydrogen) atoms. The van der Waals surface area contributed by atoms with E-state index in [-0.39, 0.29) is 5.79 Å². The number of likely N-dealkylation sites (tertiary alicyclic amines) is 1. The zero-order valence-corrected chi connectivity index (χ0v) is 8.58. The lowest BCUT2D eigenvalue weighted by Gasteiger charge is -2.39. The first-order valence-electron chi connectivity index (χ1n) is 4.79. The Morgan fingerprint density at radius 1 is 1.23 bits per heavy atom. The predicted molar refractivity (Wildman–Crippen MR) is 51.5 cm³/mol. The maximum absolute atomic E-state index is 5.49. The average molecular weight is 188 g/mol. The molecule has 2 N–H and O–H groups in total. The number of nitrogens with zero attached hydrogens (tertiary/aromatic N) is 1. The number of piperidine rings is 1. The van der Waals surface area contributed by atoms with E-state index in [1.54, 1.807) is 14.2 Å². The van der Waals surface area contributed by atoms with E-state index < -0.39 is 0 Å². The van der Waals surface area contributed by atoms with Gasteiger partial charge in [0.15, 0.2) is 5.79 Å². The maximum Gasteiger partial charge on any atom is 0.169 e. The zero-order chi connectivity index (χ0) is 9.73. The summed E-state index contributed by atoms with van der Waals surface area (Å²) in [6, 6.07) is 0. The fourth-order valence-corrected chi connectivity index (χ4v) is 1.79. The van der Waals surface area contributed by atoms with Gasteiger partial charge in [-0.3, -0.25) is 0 Å². The number of hydrogen-bond donors (Lipinski definition) is 1. The third-order valence-corrected chi connectivity index (χ3v) is 2.81. The van der Waals surface area contributed by atoms with Gasteiger partial charge in [0.1, 0.15) is 0 Å². The standard InChI is InChI=1S/C9H20N2O2/c1-12-9(13-2)3-6-11(7-4-9)8-5-10/h3-8,10H2,1-2H3. The van der Waals surface area contributed by atoms with Crippen molar-refractivity contribution in [2.24, 2.45) is 5.73 Å². The van der Waals surface area contributed by atoms with Crippen molar-refractivity contribution < 1.29 is 9.47 Å². The van der Waals surface area contributed by atoms with E-state index in [4.69, 9.17) is 15.2 Å². The molecule has 0 aliphatic carbocycles. The lowest BCUT2D eigenvalue weighted by Crippen LogP contribution is -2.47. The summed E-state index contributed by atoms with van der Waals surface area (Å²) in [5.41, 5.74) is 5.49. The van der Waals surface area contributed by atoms with Crippen LogP contribution in [0.15, 0.2) is 0 Å². The van der Waals surface area contributed by atoms with Gasteiger partial charge in [0.05, 0.1) is 0 Å². The van der Waals surface area contributed by atoms with E-state index in [1.807, 2.05) is 0 Å². The Balaban J connectivity index is 2.36. The molecule has 4 nitrogen and oxygen atoms in total. The van der Waals surface area contributed by atoms with E-state index in [1.165, 1.54) is 0 Å². The Morgan fingerprint density at radius 3 is 2.15 bits per heavy atom. The van der Waals surface area contributed by atoms with E-state index in [0.29, 0.717) is 0 Å². The van der Waals surface area contributed by atoms with Crippen LogP contribution in [0, 0.1) is 0 Å². The average Bonchev–Trinajstić information content (AvgIpc) is 2.20. The largest absolute Gasteiger partial charge is 0.353 e. The molecule has 0 radical (unpaired) electrons. The highest BCUT2D eigenvalue weighted by Crippen LogP contribution is 2.25. The van der Waals surface area contributed by atoms with Crippen LogP contribution >= 0.6 is 0 Å². The first-order chi connectivity index (χ1) is 6.26. The molecule has 0 bridgehead atoms. The second kappa shape index (κ2) is 4.91. The molecule has 0 aromatic rings. The molecular formula is C9H20N2O2. The Kier molecular flexibility index (Phi) is 4.12. The van der Waals surface area contributed by atoms with Crippen LogP contribution in [0.3, 0.4) is 0 Å². The Bertz CT molecular complexity index is 139. The van der Waals surface area contributed by atoms with Crippen molar-refractivity contribution in [3.05, 3.63) is 0 Å². The molecule has 0 amide bonds. The van der Waals surface area contributed by atoms with Gasteiger partial charge in [0.2, 0.25) is 0 Å². The van der Waals surface area contributed by atoms with E-state index in [0.717, 1.165) is 39.0 Å². The molecule has 0 atom stereocenters. The van der Waals surface area contributed by atoms with Crippen molar-refractivity contribution in [2.45, 2.75) is 18.6 Å². The number of nitrogens with two attached hydrogens (primary N) is 1. The summed E-state index contributed by atoms with van der Waals surface area (Å²) >= 11 is 0. The van der Waals surface area contributed by atoms with Gasteiger partial charge in [-0.2, -0.15) is 0 Å². The smallest absolute Gasteiger partial charge is 0.169 e. The van der Waals surface area contributed by atoms with Crippen molar-refractivity contribution in [3.8, 4) is 0 Å². The monoisotopic (exact) mass is 188 g/mol. The molecule has 1 aliphatic heterocycles. The SMILES string of the molecule is COC1(OC)CCN(CCN)CC1. The summed E-state index contributed by atoms with van der Waals surface area (Å²) in [4.78, 5) is 2.34. The predicted octanol–water partition coefficient (Wildman–Crippen LogP) is 0.0300. The van der Waals surface area contributed by atoms with Crippen LogP contribution in [0.4, 0.5) is 0 Å². The molecule has 0 unspecified atom stereocenters. The van der Waals surface area contributed by atoms with Gasteiger partial charge in [-0.1, -0.05) is 0 Å². The number of methoxy groups -OCH3 is 2. The third-order valence-electron chi connectivity index (χ3n) is 2.81. The third kappa shape index (κ3) is 2.64. The van der Waals surface area contributed by atoms with Crippen molar-refractivity contribution in [3.63, 3.8) is 0 Å². The number of ether oxygens (including phenoxy) is 2. The van der Waals surface area contributed by atoms with Crippen molar-refractivity contribution in [2.75, 3.05) is 40.4 Å². The van der Waals surface area contributed by atoms with Crippen LogP contribution in [0.2, 0.25) is 0 Å². The summed E-state index contributed by atoms with van der Waals surface area (Å²) in [5, 5.41) is 0. The molecule has 1 fully saturated rings. The van der Waals surface area contributed by atoms with Gasteiger partial charge in [-0.15, -0.1) is 0 Å². The lowest BCUT2D eigenvalue weighted by molar-refractivity contribution is -0.229. The summed E-state index contributed by atoms with van der Waals surface area (Å²) in [6.07, 6.45) is 1.86. The fraction of sp³-hybridized carbons (Fsp3) is 1.00. The van der Waals surface area contributed by atoms with Crippen LogP contribution in [0.5, 0.6) is 0 Å². The normalized spacial score (nSPS) is 23.3. The molecule has 4 heteroatoms. The second-order valence-corrected chi connectivity index (χ2v) is 3.45. The van der Waals surface area contributed by atoms with Gasteiger partial charge in [-0.25, -0.2) is 0 Å². The highest BCUT2D eigenvalue weighted by Gasteiger charge is 2.33. The molecule has 78 valence electrons. The van der Waals surface area contributed by atoms with Crippen LogP contribution in [0.25, 0.3) is 0 Å². The van der Waals surface area contributed by atoms with Gasteiger partial charge in [-0.05, 0) is 0 Å². The summed E-state index contributed by atoms with van der Waals surface area (Å²) < 4.78 is 10.7. The highest BCUT2D eigenvalue weighted by molar-refractivity contribution is 4.79. The van der Waals surface area contributed by atoms with Crippen molar-refractivity contribution in [1.82, 2.24) is 4.90 Å². The van der Waals surface area contributed by atoms with Crippen molar-refractivity contribution >= 4 is 0 Å². The Hall–Kier alpha value is -0.160. The molecule has 0 aromatic carbocycles. The van der Waals surface area contributed by atoms with Gasteiger partial charge >= 0.3 is 0 Å². The Labute approximate surface area is 80.0 Å². The Morgan fingerprint density at radius 2 is 1.77 bits per heavy atom. The van der Waals surface area contributed by atoms with Crippen LogP contribution in [-0.4, -0.2) is 51.1 Å². The quantitative estimate of drug-likeness (QED) is 0.632.